The van der Waals surface area contributed by atoms with Crippen LogP contribution >= 0.6 is 0 Å². The molecule has 7 heteroatoms. The summed E-state index contributed by atoms with van der Waals surface area (Å²) in [5, 5.41) is 20.0. The Bertz CT molecular complexity index is 604. The van der Waals surface area contributed by atoms with E-state index in [0.29, 0.717) is 0 Å². The molecular weight excluding hydrogens is 268 g/mol. The molecule has 0 amide bonds. The van der Waals surface area contributed by atoms with E-state index in [4.69, 9.17) is 10.4 Å². The standard InChI is InChI=1S/C12H14N2O4S/c1-9(12(15)16)14-5-6-19(17,18)11-4-2-3-10(7-11)8-13/h2-4,7,9,14H,5-6H2,1H3,(H,15,16). The number of hydrogen-bond donors (Lipinski definition) is 2. The quantitative estimate of drug-likeness (QED) is 0.781. The molecule has 0 bridgehead atoms. The molecule has 1 aromatic carbocycles. The van der Waals surface area contributed by atoms with E-state index in [-0.39, 0.29) is 22.8 Å². The van der Waals surface area contributed by atoms with Crippen molar-refractivity contribution in [3.63, 3.8) is 0 Å². The van der Waals surface area contributed by atoms with E-state index >= 15 is 0 Å². The lowest BCUT2D eigenvalue weighted by Gasteiger charge is -2.09. The van der Waals surface area contributed by atoms with Crippen molar-refractivity contribution in [1.82, 2.24) is 5.32 Å². The Labute approximate surface area is 111 Å². The average molecular weight is 282 g/mol. The number of nitrogens with one attached hydrogen (secondary N) is 1. The molecule has 0 aliphatic rings. The van der Waals surface area contributed by atoms with Gasteiger partial charge in [0.1, 0.15) is 6.04 Å². The van der Waals surface area contributed by atoms with Crippen molar-refractivity contribution >= 4 is 15.8 Å². The third-order valence-corrected chi connectivity index (χ3v) is 4.23. The first kappa shape index (κ1) is 15.1. The van der Waals surface area contributed by atoms with Gasteiger partial charge in [-0.2, -0.15) is 5.26 Å². The van der Waals surface area contributed by atoms with Crippen LogP contribution in [-0.4, -0.2) is 37.8 Å². The molecule has 1 atom stereocenters. The highest BCUT2D eigenvalue weighted by atomic mass is 32.2. The van der Waals surface area contributed by atoms with Gasteiger partial charge in [-0.25, -0.2) is 8.42 Å². The van der Waals surface area contributed by atoms with Crippen molar-refractivity contribution in [1.29, 1.82) is 5.26 Å². The second-order valence-corrected chi connectivity index (χ2v) is 6.08. The molecule has 0 aromatic heterocycles. The van der Waals surface area contributed by atoms with Gasteiger partial charge in [-0.15, -0.1) is 0 Å². The molecule has 1 aromatic rings. The van der Waals surface area contributed by atoms with Crippen molar-refractivity contribution in [2.45, 2.75) is 17.9 Å². The maximum absolute atomic E-state index is 12.0. The highest BCUT2D eigenvalue weighted by Crippen LogP contribution is 2.12. The van der Waals surface area contributed by atoms with Crippen LogP contribution in [0, 0.1) is 11.3 Å². The lowest BCUT2D eigenvalue weighted by atomic mass is 10.2. The number of benzene rings is 1. The average Bonchev–Trinajstić information content (AvgIpc) is 2.38. The first-order valence-corrected chi connectivity index (χ1v) is 7.21. The number of sulfone groups is 1. The van der Waals surface area contributed by atoms with Crippen LogP contribution in [0.1, 0.15) is 12.5 Å². The SMILES string of the molecule is CC(NCCS(=O)(=O)c1cccc(C#N)c1)C(=O)O. The predicted octanol–water partition coefficient (Wildman–Crippen LogP) is 0.395. The Morgan fingerprint density at radius 2 is 2.21 bits per heavy atom. The van der Waals surface area contributed by atoms with Crippen LogP contribution in [0.2, 0.25) is 0 Å². The van der Waals surface area contributed by atoms with E-state index < -0.39 is 21.8 Å². The van der Waals surface area contributed by atoms with Crippen LogP contribution in [0.5, 0.6) is 0 Å². The second kappa shape index (κ2) is 6.31. The van der Waals surface area contributed by atoms with E-state index in [9.17, 15) is 13.2 Å². The number of carboxylic acids is 1. The van der Waals surface area contributed by atoms with Gasteiger partial charge in [-0.05, 0) is 25.1 Å². The highest BCUT2D eigenvalue weighted by molar-refractivity contribution is 7.91. The van der Waals surface area contributed by atoms with Crippen LogP contribution in [0.25, 0.3) is 0 Å². The minimum atomic E-state index is -3.52. The van der Waals surface area contributed by atoms with Gasteiger partial charge < -0.3 is 10.4 Å². The summed E-state index contributed by atoms with van der Waals surface area (Å²) < 4.78 is 23.9. The molecular formula is C12H14N2O4S. The topological polar surface area (TPSA) is 107 Å². The second-order valence-electron chi connectivity index (χ2n) is 3.97. The summed E-state index contributed by atoms with van der Waals surface area (Å²) in [6.07, 6.45) is 0. The summed E-state index contributed by atoms with van der Waals surface area (Å²) in [5.41, 5.74) is 0.271. The van der Waals surface area contributed by atoms with Gasteiger partial charge in [0.2, 0.25) is 0 Å². The lowest BCUT2D eigenvalue weighted by Crippen LogP contribution is -2.36. The maximum Gasteiger partial charge on any atom is 0.320 e. The molecule has 0 heterocycles. The Balaban J connectivity index is 2.71. The van der Waals surface area contributed by atoms with Crippen molar-refractivity contribution in [2.75, 3.05) is 12.3 Å². The van der Waals surface area contributed by atoms with Gasteiger partial charge in [-0.1, -0.05) is 6.07 Å². The van der Waals surface area contributed by atoms with E-state index in [2.05, 4.69) is 5.32 Å². The van der Waals surface area contributed by atoms with E-state index in [1.165, 1.54) is 31.2 Å². The molecule has 19 heavy (non-hydrogen) atoms. The van der Waals surface area contributed by atoms with Crippen molar-refractivity contribution < 1.29 is 18.3 Å². The lowest BCUT2D eigenvalue weighted by molar-refractivity contribution is -0.138. The summed E-state index contributed by atoms with van der Waals surface area (Å²) in [6, 6.07) is 6.80. The van der Waals surface area contributed by atoms with Gasteiger partial charge in [0, 0.05) is 6.54 Å². The number of rotatable bonds is 6. The van der Waals surface area contributed by atoms with Crippen LogP contribution in [0.4, 0.5) is 0 Å². The van der Waals surface area contributed by atoms with Crippen molar-refractivity contribution in [2.24, 2.45) is 0 Å². The summed E-state index contributed by atoms with van der Waals surface area (Å²) in [7, 11) is -3.52. The van der Waals surface area contributed by atoms with Crippen LogP contribution in [0.15, 0.2) is 29.2 Å². The van der Waals surface area contributed by atoms with Crippen LogP contribution < -0.4 is 5.32 Å². The molecule has 0 radical (unpaired) electrons. The molecule has 0 spiro atoms. The first-order valence-electron chi connectivity index (χ1n) is 5.56. The molecule has 6 nitrogen and oxygen atoms in total. The fourth-order valence-corrected chi connectivity index (χ4v) is 2.59. The third-order valence-electron chi connectivity index (χ3n) is 2.51. The Kier molecular flexibility index (Phi) is 5.03. The van der Waals surface area contributed by atoms with Gasteiger partial charge in [-0.3, -0.25) is 4.79 Å². The van der Waals surface area contributed by atoms with Gasteiger partial charge in [0.05, 0.1) is 22.3 Å². The Morgan fingerprint density at radius 1 is 1.53 bits per heavy atom. The molecule has 1 unspecified atom stereocenters. The zero-order chi connectivity index (χ0) is 14.5. The Hall–Kier alpha value is -1.91. The van der Waals surface area contributed by atoms with E-state index in [1.54, 1.807) is 0 Å². The highest BCUT2D eigenvalue weighted by Gasteiger charge is 2.16. The van der Waals surface area contributed by atoms with Crippen LogP contribution in [0.3, 0.4) is 0 Å². The molecule has 0 saturated heterocycles. The molecule has 0 aliphatic heterocycles. The number of aliphatic carboxylic acids is 1. The van der Waals surface area contributed by atoms with Gasteiger partial charge >= 0.3 is 5.97 Å². The minimum Gasteiger partial charge on any atom is -0.480 e. The number of carboxylic acid groups (broad SMARTS) is 1. The number of hydrogen-bond acceptors (Lipinski definition) is 5. The molecule has 102 valence electrons. The Morgan fingerprint density at radius 3 is 2.79 bits per heavy atom. The largest absolute Gasteiger partial charge is 0.480 e. The van der Waals surface area contributed by atoms with Gasteiger partial charge in [0.25, 0.3) is 0 Å². The zero-order valence-corrected chi connectivity index (χ0v) is 11.1. The van der Waals surface area contributed by atoms with Crippen molar-refractivity contribution in [3.05, 3.63) is 29.8 Å². The number of carbonyl (C=O) groups is 1. The summed E-state index contributed by atoms with van der Waals surface area (Å²) in [5.74, 6) is -1.26. The van der Waals surface area contributed by atoms with Crippen molar-refractivity contribution in [3.8, 4) is 6.07 Å². The van der Waals surface area contributed by atoms with E-state index in [1.807, 2.05) is 6.07 Å². The normalized spacial score (nSPS) is 12.6. The predicted molar refractivity (Wildman–Crippen MR) is 68.3 cm³/mol. The fourth-order valence-electron chi connectivity index (χ4n) is 1.37. The number of nitrogens with zero attached hydrogens (tertiary/aromatic N) is 1. The van der Waals surface area contributed by atoms with Gasteiger partial charge in [0.15, 0.2) is 9.84 Å². The fraction of sp³-hybridized carbons (Fsp3) is 0.333. The zero-order valence-electron chi connectivity index (χ0n) is 10.3. The summed E-state index contributed by atoms with van der Waals surface area (Å²) in [4.78, 5) is 10.6. The molecule has 0 fully saturated rings. The maximum atomic E-state index is 12.0. The summed E-state index contributed by atoms with van der Waals surface area (Å²) >= 11 is 0. The minimum absolute atomic E-state index is 0.0343. The molecule has 1 rings (SSSR count). The van der Waals surface area contributed by atoms with E-state index in [0.717, 1.165) is 0 Å². The van der Waals surface area contributed by atoms with Crippen LogP contribution in [-0.2, 0) is 14.6 Å². The molecule has 2 N–H and O–H groups in total. The smallest absolute Gasteiger partial charge is 0.320 e. The number of nitriles is 1. The summed E-state index contributed by atoms with van der Waals surface area (Å²) in [6.45, 7) is 1.47. The first-order chi connectivity index (χ1) is 8.86. The monoisotopic (exact) mass is 282 g/mol. The molecule has 0 saturated carbocycles. The third kappa shape index (κ3) is 4.35. The molecule has 0 aliphatic carbocycles.